The molecule has 0 unspecified atom stereocenters. The first-order valence-corrected chi connectivity index (χ1v) is 12.6. The standard InChI is InChI=1S/C21H25BrClN3O3S/c1-16-4-2-5-18(14-16)25-9-11-26(12-10-25)30(28,29)13-3-8-24-21(27)19-15-17(22)6-7-20(19)23/h2,4-7,14-15H,3,8-13H2,1H3,(H,24,27). The monoisotopic (exact) mass is 513 g/mol. The van der Waals surface area contributed by atoms with Crippen molar-refractivity contribution in [2.24, 2.45) is 0 Å². The maximum Gasteiger partial charge on any atom is 0.252 e. The summed E-state index contributed by atoms with van der Waals surface area (Å²) in [6.07, 6.45) is 0.345. The third-order valence-corrected chi connectivity index (χ3v) is 7.82. The molecular weight excluding hydrogens is 490 g/mol. The average Bonchev–Trinajstić information content (AvgIpc) is 2.73. The first-order chi connectivity index (χ1) is 14.3. The van der Waals surface area contributed by atoms with Gasteiger partial charge in [-0.25, -0.2) is 8.42 Å². The number of nitrogens with one attached hydrogen (secondary N) is 1. The smallest absolute Gasteiger partial charge is 0.252 e. The number of hydrogen-bond donors (Lipinski definition) is 1. The van der Waals surface area contributed by atoms with Gasteiger partial charge in [0.25, 0.3) is 5.91 Å². The highest BCUT2D eigenvalue weighted by Gasteiger charge is 2.26. The zero-order valence-corrected chi connectivity index (χ0v) is 19.9. The van der Waals surface area contributed by atoms with Crippen LogP contribution in [0.3, 0.4) is 0 Å². The fourth-order valence-electron chi connectivity index (χ4n) is 3.40. The molecule has 1 heterocycles. The van der Waals surface area contributed by atoms with Crippen LogP contribution in [0, 0.1) is 6.92 Å². The number of halogens is 2. The Balaban J connectivity index is 1.45. The van der Waals surface area contributed by atoms with Gasteiger partial charge in [0.15, 0.2) is 0 Å². The molecule has 1 aliphatic heterocycles. The molecule has 0 bridgehead atoms. The summed E-state index contributed by atoms with van der Waals surface area (Å²) in [7, 11) is -3.35. The van der Waals surface area contributed by atoms with E-state index in [4.69, 9.17) is 11.6 Å². The molecule has 30 heavy (non-hydrogen) atoms. The van der Waals surface area contributed by atoms with Gasteiger partial charge in [-0.1, -0.05) is 39.7 Å². The van der Waals surface area contributed by atoms with Crippen LogP contribution in [-0.2, 0) is 10.0 Å². The van der Waals surface area contributed by atoms with Gasteiger partial charge in [-0.15, -0.1) is 0 Å². The lowest BCUT2D eigenvalue weighted by atomic mass is 10.2. The van der Waals surface area contributed by atoms with Crippen LogP contribution in [0.25, 0.3) is 0 Å². The Morgan fingerprint density at radius 3 is 2.57 bits per heavy atom. The number of hydrogen-bond acceptors (Lipinski definition) is 4. The largest absolute Gasteiger partial charge is 0.369 e. The number of benzene rings is 2. The van der Waals surface area contributed by atoms with E-state index >= 15 is 0 Å². The molecule has 0 radical (unpaired) electrons. The number of carbonyl (C=O) groups excluding carboxylic acids is 1. The number of piperazine rings is 1. The predicted molar refractivity (Wildman–Crippen MR) is 125 cm³/mol. The second-order valence-corrected chi connectivity index (χ2v) is 10.7. The minimum Gasteiger partial charge on any atom is -0.369 e. The van der Waals surface area contributed by atoms with Crippen LogP contribution in [0.15, 0.2) is 46.9 Å². The molecule has 0 aromatic heterocycles. The van der Waals surface area contributed by atoms with Crippen molar-refractivity contribution < 1.29 is 13.2 Å². The van der Waals surface area contributed by atoms with Gasteiger partial charge in [-0.05, 0) is 49.2 Å². The summed E-state index contributed by atoms with van der Waals surface area (Å²) in [4.78, 5) is 14.5. The lowest BCUT2D eigenvalue weighted by Crippen LogP contribution is -2.49. The highest BCUT2D eigenvalue weighted by atomic mass is 79.9. The van der Waals surface area contributed by atoms with E-state index in [9.17, 15) is 13.2 Å². The van der Waals surface area contributed by atoms with E-state index in [0.29, 0.717) is 43.2 Å². The number of anilines is 1. The van der Waals surface area contributed by atoms with Crippen molar-refractivity contribution in [2.75, 3.05) is 43.4 Å². The van der Waals surface area contributed by atoms with Crippen molar-refractivity contribution in [3.05, 3.63) is 63.1 Å². The van der Waals surface area contributed by atoms with Gasteiger partial charge in [-0.2, -0.15) is 4.31 Å². The Labute approximate surface area is 191 Å². The van der Waals surface area contributed by atoms with Gasteiger partial charge in [-0.3, -0.25) is 4.79 Å². The molecule has 0 aliphatic carbocycles. The highest BCUT2D eigenvalue weighted by molar-refractivity contribution is 9.10. The predicted octanol–water partition coefficient (Wildman–Crippen LogP) is 3.68. The van der Waals surface area contributed by atoms with Gasteiger partial charge >= 0.3 is 0 Å². The van der Waals surface area contributed by atoms with E-state index in [0.717, 1.165) is 10.2 Å². The van der Waals surface area contributed by atoms with Gasteiger partial charge in [0.2, 0.25) is 10.0 Å². The van der Waals surface area contributed by atoms with E-state index in [-0.39, 0.29) is 18.2 Å². The number of carbonyl (C=O) groups is 1. The molecule has 1 N–H and O–H groups in total. The number of nitrogens with zero attached hydrogens (tertiary/aromatic N) is 2. The maximum atomic E-state index is 12.7. The maximum absolute atomic E-state index is 12.7. The number of rotatable bonds is 7. The molecule has 3 rings (SSSR count). The summed E-state index contributed by atoms with van der Waals surface area (Å²) in [6.45, 7) is 4.59. The molecule has 1 aliphatic rings. The summed E-state index contributed by atoms with van der Waals surface area (Å²) in [5.41, 5.74) is 2.68. The zero-order valence-electron chi connectivity index (χ0n) is 16.8. The lowest BCUT2D eigenvalue weighted by molar-refractivity contribution is 0.0953. The average molecular weight is 515 g/mol. The highest BCUT2D eigenvalue weighted by Crippen LogP contribution is 2.21. The Morgan fingerprint density at radius 2 is 1.87 bits per heavy atom. The van der Waals surface area contributed by atoms with Crippen LogP contribution in [0.2, 0.25) is 5.02 Å². The molecule has 1 amide bonds. The minimum absolute atomic E-state index is 0.00391. The van der Waals surface area contributed by atoms with Crippen LogP contribution in [0.4, 0.5) is 5.69 Å². The van der Waals surface area contributed by atoms with Crippen molar-refractivity contribution >= 4 is 49.1 Å². The Morgan fingerprint density at radius 1 is 1.13 bits per heavy atom. The molecule has 2 aromatic carbocycles. The molecule has 1 saturated heterocycles. The van der Waals surface area contributed by atoms with Crippen molar-refractivity contribution in [3.8, 4) is 0 Å². The Hall–Kier alpha value is -1.61. The van der Waals surface area contributed by atoms with Gasteiger partial charge in [0, 0.05) is 42.9 Å². The molecule has 2 aromatic rings. The summed E-state index contributed by atoms with van der Waals surface area (Å²) in [5, 5.41) is 3.10. The van der Waals surface area contributed by atoms with Gasteiger partial charge in [0.1, 0.15) is 0 Å². The normalized spacial score (nSPS) is 15.2. The number of aryl methyl sites for hydroxylation is 1. The van der Waals surface area contributed by atoms with E-state index in [1.165, 1.54) is 5.56 Å². The topological polar surface area (TPSA) is 69.7 Å². The minimum atomic E-state index is -3.35. The molecule has 162 valence electrons. The van der Waals surface area contributed by atoms with E-state index in [2.05, 4.69) is 38.3 Å². The third-order valence-electron chi connectivity index (χ3n) is 5.04. The van der Waals surface area contributed by atoms with Crippen molar-refractivity contribution in [3.63, 3.8) is 0 Å². The number of sulfonamides is 1. The molecule has 0 saturated carbocycles. The van der Waals surface area contributed by atoms with E-state index in [1.807, 2.05) is 19.1 Å². The molecule has 9 heteroatoms. The summed E-state index contributed by atoms with van der Waals surface area (Å²) < 4.78 is 27.6. The van der Waals surface area contributed by atoms with Crippen molar-refractivity contribution in [2.45, 2.75) is 13.3 Å². The molecular formula is C21H25BrClN3O3S. The second-order valence-electron chi connectivity index (χ2n) is 7.27. The fraction of sp³-hybridized carbons (Fsp3) is 0.381. The van der Waals surface area contributed by atoms with Gasteiger partial charge in [0.05, 0.1) is 16.3 Å². The quantitative estimate of drug-likeness (QED) is 0.572. The van der Waals surface area contributed by atoms with Crippen LogP contribution >= 0.6 is 27.5 Å². The first-order valence-electron chi connectivity index (χ1n) is 9.79. The Bertz CT molecular complexity index is 1010. The van der Waals surface area contributed by atoms with Crippen LogP contribution < -0.4 is 10.2 Å². The van der Waals surface area contributed by atoms with E-state index in [1.54, 1.807) is 22.5 Å². The van der Waals surface area contributed by atoms with Crippen LogP contribution in [0.1, 0.15) is 22.3 Å². The van der Waals surface area contributed by atoms with Crippen LogP contribution in [-0.4, -0.2) is 57.1 Å². The van der Waals surface area contributed by atoms with E-state index < -0.39 is 10.0 Å². The van der Waals surface area contributed by atoms with Gasteiger partial charge < -0.3 is 10.2 Å². The van der Waals surface area contributed by atoms with Crippen LogP contribution in [0.5, 0.6) is 0 Å². The lowest BCUT2D eigenvalue weighted by Gasteiger charge is -2.35. The fourth-order valence-corrected chi connectivity index (χ4v) is 5.45. The molecule has 6 nitrogen and oxygen atoms in total. The van der Waals surface area contributed by atoms with Crippen molar-refractivity contribution in [1.82, 2.24) is 9.62 Å². The SMILES string of the molecule is Cc1cccc(N2CCN(S(=O)(=O)CCCNC(=O)c3cc(Br)ccc3Cl)CC2)c1. The number of amides is 1. The third kappa shape index (κ3) is 5.97. The Kier molecular flexibility index (Phi) is 7.79. The zero-order chi connectivity index (χ0) is 21.7. The second kappa shape index (κ2) is 10.1. The summed E-state index contributed by atoms with van der Waals surface area (Å²) in [5.74, 6) is -0.310. The first kappa shape index (κ1) is 23.1. The molecule has 0 spiro atoms. The summed E-state index contributed by atoms with van der Waals surface area (Å²) >= 11 is 9.37. The summed E-state index contributed by atoms with van der Waals surface area (Å²) in [6, 6.07) is 13.3. The van der Waals surface area contributed by atoms with Crippen molar-refractivity contribution in [1.29, 1.82) is 0 Å². The molecule has 0 atom stereocenters. The molecule has 1 fully saturated rings.